The molecule has 2 nitrogen and oxygen atoms in total. The molecule has 0 radical (unpaired) electrons. The molecule has 0 aromatic carbocycles. The molecule has 0 bridgehead atoms. The predicted molar refractivity (Wildman–Crippen MR) is 67.2 cm³/mol. The summed E-state index contributed by atoms with van der Waals surface area (Å²) in [5.74, 6) is 0. The van der Waals surface area contributed by atoms with Gasteiger partial charge in [0.1, 0.15) is 0 Å². The Morgan fingerprint density at radius 3 is 2.20 bits per heavy atom. The van der Waals surface area contributed by atoms with E-state index in [1.54, 1.807) is 0 Å². The Kier molecular flexibility index (Phi) is 8.07. The van der Waals surface area contributed by atoms with Crippen LogP contribution in [0.5, 0.6) is 0 Å². The van der Waals surface area contributed by atoms with Gasteiger partial charge in [-0.1, -0.05) is 20.8 Å². The average molecular weight is 215 g/mol. The molecule has 1 unspecified atom stereocenters. The molecule has 0 spiro atoms. The molecule has 0 aromatic heterocycles. The molecule has 0 saturated heterocycles. The van der Waals surface area contributed by atoms with Crippen molar-refractivity contribution in [1.82, 2.24) is 4.90 Å². The van der Waals surface area contributed by atoms with Crippen molar-refractivity contribution in [1.29, 1.82) is 0 Å². The maximum Gasteiger partial charge on any atom is 0.0617 e. The number of hydrogen-bond donors (Lipinski definition) is 1. The standard InChI is InChI=1S/C13H29NO/c1-5-11-14(7-3)12-9-8-10-13(4,15)6-2/h15H,5-12H2,1-4H3. The van der Waals surface area contributed by atoms with Gasteiger partial charge in [-0.2, -0.15) is 0 Å². The topological polar surface area (TPSA) is 23.5 Å². The van der Waals surface area contributed by atoms with E-state index in [2.05, 4.69) is 25.7 Å². The first kappa shape index (κ1) is 14.9. The van der Waals surface area contributed by atoms with Crippen LogP contribution >= 0.6 is 0 Å². The molecule has 1 N–H and O–H groups in total. The largest absolute Gasteiger partial charge is 0.390 e. The van der Waals surface area contributed by atoms with Gasteiger partial charge >= 0.3 is 0 Å². The second-order valence-corrected chi connectivity index (χ2v) is 4.74. The lowest BCUT2D eigenvalue weighted by Gasteiger charge is -2.23. The summed E-state index contributed by atoms with van der Waals surface area (Å²) in [4.78, 5) is 2.49. The number of nitrogens with zero attached hydrogens (tertiary/aromatic N) is 1. The van der Waals surface area contributed by atoms with Gasteiger partial charge in [0.15, 0.2) is 0 Å². The molecule has 2 heteroatoms. The van der Waals surface area contributed by atoms with Crippen LogP contribution in [0.15, 0.2) is 0 Å². The Labute approximate surface area is 95.7 Å². The van der Waals surface area contributed by atoms with Gasteiger partial charge in [0.25, 0.3) is 0 Å². The van der Waals surface area contributed by atoms with Crippen molar-refractivity contribution in [3.05, 3.63) is 0 Å². The third-order valence-corrected chi connectivity index (χ3v) is 3.19. The zero-order valence-electron chi connectivity index (χ0n) is 11.1. The van der Waals surface area contributed by atoms with E-state index in [1.165, 1.54) is 25.9 Å². The summed E-state index contributed by atoms with van der Waals surface area (Å²) in [7, 11) is 0. The summed E-state index contributed by atoms with van der Waals surface area (Å²) in [6.45, 7) is 12.0. The molecular weight excluding hydrogens is 186 g/mol. The van der Waals surface area contributed by atoms with E-state index in [0.29, 0.717) is 0 Å². The van der Waals surface area contributed by atoms with E-state index in [4.69, 9.17) is 0 Å². The number of unbranched alkanes of at least 4 members (excludes halogenated alkanes) is 1. The highest BCUT2D eigenvalue weighted by Gasteiger charge is 2.16. The van der Waals surface area contributed by atoms with E-state index in [1.807, 2.05) is 6.92 Å². The second kappa shape index (κ2) is 8.12. The fourth-order valence-electron chi connectivity index (χ4n) is 1.76. The summed E-state index contributed by atoms with van der Waals surface area (Å²) < 4.78 is 0. The molecule has 0 rings (SSSR count). The summed E-state index contributed by atoms with van der Waals surface area (Å²) >= 11 is 0. The third-order valence-electron chi connectivity index (χ3n) is 3.19. The van der Waals surface area contributed by atoms with E-state index < -0.39 is 5.60 Å². The lowest BCUT2D eigenvalue weighted by molar-refractivity contribution is 0.0436. The van der Waals surface area contributed by atoms with Gasteiger partial charge in [0, 0.05) is 0 Å². The lowest BCUT2D eigenvalue weighted by Crippen LogP contribution is -2.26. The number of aliphatic hydroxyl groups is 1. The van der Waals surface area contributed by atoms with Gasteiger partial charge in [-0.25, -0.2) is 0 Å². The Morgan fingerprint density at radius 1 is 1.07 bits per heavy atom. The minimum absolute atomic E-state index is 0.443. The van der Waals surface area contributed by atoms with Gasteiger partial charge in [0.05, 0.1) is 5.60 Å². The lowest BCUT2D eigenvalue weighted by atomic mass is 9.96. The van der Waals surface area contributed by atoms with Crippen LogP contribution in [-0.2, 0) is 0 Å². The van der Waals surface area contributed by atoms with E-state index in [-0.39, 0.29) is 0 Å². The smallest absolute Gasteiger partial charge is 0.0617 e. The molecule has 15 heavy (non-hydrogen) atoms. The molecule has 92 valence electrons. The van der Waals surface area contributed by atoms with Gasteiger partial charge in [-0.3, -0.25) is 0 Å². The summed E-state index contributed by atoms with van der Waals surface area (Å²) in [6.07, 6.45) is 5.39. The Morgan fingerprint density at radius 2 is 1.73 bits per heavy atom. The highest BCUT2D eigenvalue weighted by atomic mass is 16.3. The van der Waals surface area contributed by atoms with Crippen LogP contribution in [-0.4, -0.2) is 35.2 Å². The first-order valence-electron chi connectivity index (χ1n) is 6.50. The van der Waals surface area contributed by atoms with Gasteiger partial charge < -0.3 is 10.0 Å². The maximum atomic E-state index is 9.84. The zero-order chi connectivity index (χ0) is 11.7. The summed E-state index contributed by atoms with van der Waals surface area (Å²) in [5.41, 5.74) is -0.443. The monoisotopic (exact) mass is 215 g/mol. The third kappa shape index (κ3) is 7.80. The zero-order valence-corrected chi connectivity index (χ0v) is 11.1. The first-order chi connectivity index (χ1) is 7.05. The molecule has 0 fully saturated rings. The molecule has 0 aliphatic rings. The molecule has 0 aliphatic carbocycles. The van der Waals surface area contributed by atoms with Crippen LogP contribution in [0.2, 0.25) is 0 Å². The van der Waals surface area contributed by atoms with Crippen LogP contribution < -0.4 is 0 Å². The van der Waals surface area contributed by atoms with Gasteiger partial charge in [-0.15, -0.1) is 0 Å². The summed E-state index contributed by atoms with van der Waals surface area (Å²) in [5, 5.41) is 9.84. The van der Waals surface area contributed by atoms with Crippen LogP contribution in [0.1, 0.15) is 59.8 Å². The van der Waals surface area contributed by atoms with E-state index in [0.717, 1.165) is 25.8 Å². The SMILES string of the molecule is CCCN(CC)CCCCC(C)(O)CC. The molecule has 1 atom stereocenters. The number of hydrogen-bond acceptors (Lipinski definition) is 2. The first-order valence-corrected chi connectivity index (χ1v) is 6.50. The second-order valence-electron chi connectivity index (χ2n) is 4.74. The molecule has 0 heterocycles. The van der Waals surface area contributed by atoms with E-state index >= 15 is 0 Å². The van der Waals surface area contributed by atoms with Crippen molar-refractivity contribution >= 4 is 0 Å². The van der Waals surface area contributed by atoms with Crippen molar-refractivity contribution in [3.63, 3.8) is 0 Å². The minimum Gasteiger partial charge on any atom is -0.390 e. The molecule has 0 aromatic rings. The number of rotatable bonds is 9. The average Bonchev–Trinajstić information content (AvgIpc) is 2.22. The van der Waals surface area contributed by atoms with Crippen molar-refractivity contribution in [2.75, 3.05) is 19.6 Å². The fourth-order valence-corrected chi connectivity index (χ4v) is 1.76. The Bertz CT molecular complexity index is 145. The normalized spacial score (nSPS) is 15.6. The molecule has 0 amide bonds. The van der Waals surface area contributed by atoms with Crippen molar-refractivity contribution < 1.29 is 5.11 Å². The highest BCUT2D eigenvalue weighted by molar-refractivity contribution is 4.70. The van der Waals surface area contributed by atoms with Crippen molar-refractivity contribution in [3.8, 4) is 0 Å². The predicted octanol–water partition coefficient (Wildman–Crippen LogP) is 3.05. The minimum atomic E-state index is -0.443. The highest BCUT2D eigenvalue weighted by Crippen LogP contribution is 2.17. The fraction of sp³-hybridized carbons (Fsp3) is 1.00. The van der Waals surface area contributed by atoms with Crippen molar-refractivity contribution in [2.45, 2.75) is 65.4 Å². The summed E-state index contributed by atoms with van der Waals surface area (Å²) in [6, 6.07) is 0. The van der Waals surface area contributed by atoms with Crippen molar-refractivity contribution in [2.24, 2.45) is 0 Å². The Balaban J connectivity index is 3.52. The van der Waals surface area contributed by atoms with Crippen LogP contribution in [0.25, 0.3) is 0 Å². The maximum absolute atomic E-state index is 9.84. The van der Waals surface area contributed by atoms with Gasteiger partial charge in [-0.05, 0) is 58.7 Å². The molecule has 0 saturated carbocycles. The quantitative estimate of drug-likeness (QED) is 0.598. The van der Waals surface area contributed by atoms with Gasteiger partial charge in [0.2, 0.25) is 0 Å². The van der Waals surface area contributed by atoms with E-state index in [9.17, 15) is 5.11 Å². The van der Waals surface area contributed by atoms with Crippen LogP contribution in [0, 0.1) is 0 Å². The molecule has 0 aliphatic heterocycles. The Hall–Kier alpha value is -0.0800. The molecular formula is C13H29NO. The van der Waals surface area contributed by atoms with Crippen LogP contribution in [0.3, 0.4) is 0 Å². The van der Waals surface area contributed by atoms with Crippen LogP contribution in [0.4, 0.5) is 0 Å².